The highest BCUT2D eigenvalue weighted by Crippen LogP contribution is 2.16. The fraction of sp³-hybridized carbons (Fsp3) is 0.778. The highest BCUT2D eigenvalue weighted by atomic mass is 32.2. The third kappa shape index (κ3) is 15.8. The molecule has 0 atom stereocenters. The van der Waals surface area contributed by atoms with Crippen LogP contribution in [-0.4, -0.2) is 63.3 Å². The monoisotopic (exact) mass is 438 g/mol. The van der Waals surface area contributed by atoms with Crippen molar-refractivity contribution in [3.8, 4) is 0 Å². The molecular formula is C18H34N2O6S2. The number of hydrogen-bond donors (Lipinski definition) is 4. The lowest BCUT2D eigenvalue weighted by Gasteiger charge is -2.21. The Balaban J connectivity index is 4.71. The number of rotatable bonds is 9. The molecule has 28 heavy (non-hydrogen) atoms. The highest BCUT2D eigenvalue weighted by molar-refractivity contribution is 8.15. The smallest absolute Gasteiger partial charge is 0.407 e. The summed E-state index contributed by atoms with van der Waals surface area (Å²) in [4.78, 5) is 34.5. The Morgan fingerprint density at radius 1 is 0.857 bits per heavy atom. The second-order valence-electron chi connectivity index (χ2n) is 8.05. The van der Waals surface area contributed by atoms with E-state index in [0.717, 1.165) is 0 Å². The quantitative estimate of drug-likeness (QED) is 0.325. The third-order valence-corrected chi connectivity index (χ3v) is 5.41. The minimum atomic E-state index is -0.619. The molecule has 0 aromatic rings. The first-order chi connectivity index (χ1) is 12.7. The number of carbonyl (C=O) groups is 3. The summed E-state index contributed by atoms with van der Waals surface area (Å²) in [5.74, 6) is 0.920. The molecule has 0 aliphatic carbocycles. The van der Waals surface area contributed by atoms with Gasteiger partial charge in [-0.3, -0.25) is 4.79 Å². The first-order valence-corrected chi connectivity index (χ1v) is 11.1. The van der Waals surface area contributed by atoms with E-state index in [4.69, 9.17) is 9.47 Å². The van der Waals surface area contributed by atoms with Gasteiger partial charge in [-0.2, -0.15) is 10.5 Å². The predicted molar refractivity (Wildman–Crippen MR) is 117 cm³/mol. The van der Waals surface area contributed by atoms with E-state index in [1.807, 2.05) is 0 Å². The lowest BCUT2D eigenvalue weighted by molar-refractivity contribution is -0.110. The molecule has 0 fully saturated rings. The first kappa shape index (κ1) is 26.7. The molecule has 0 saturated heterocycles. The molecule has 0 spiro atoms. The van der Waals surface area contributed by atoms with E-state index in [-0.39, 0.29) is 23.0 Å². The molecule has 2 amide bonds. The number of nitrogens with one attached hydrogen (secondary N) is 2. The van der Waals surface area contributed by atoms with Gasteiger partial charge >= 0.3 is 12.2 Å². The Labute approximate surface area is 175 Å². The summed E-state index contributed by atoms with van der Waals surface area (Å²) in [5.41, 5.74) is -1.19. The fourth-order valence-corrected chi connectivity index (χ4v) is 3.75. The van der Waals surface area contributed by atoms with Gasteiger partial charge in [0, 0.05) is 37.4 Å². The van der Waals surface area contributed by atoms with Gasteiger partial charge < -0.3 is 25.2 Å². The first-order valence-electron chi connectivity index (χ1n) is 9.07. The number of alkyl carbamates (subject to hydrolysis) is 2. The summed E-state index contributed by atoms with van der Waals surface area (Å²) >= 11 is 3.71. The van der Waals surface area contributed by atoms with Gasteiger partial charge in [0.25, 0.3) is 0 Å². The third-order valence-electron chi connectivity index (χ3n) is 2.92. The Hall–Kier alpha value is -1.26. The SMILES string of the molecule is CC(C)(C)OC(=O)NCCS(CCNC(=O)OC(C)(C)C)=C(O)CCC(=O)S. The average molecular weight is 439 g/mol. The van der Waals surface area contributed by atoms with Crippen molar-refractivity contribution in [2.24, 2.45) is 0 Å². The maximum atomic E-state index is 11.7. The Morgan fingerprint density at radius 3 is 1.57 bits per heavy atom. The lowest BCUT2D eigenvalue weighted by atomic mass is 10.2. The summed E-state index contributed by atoms with van der Waals surface area (Å²) in [7, 11) is -0.619. The van der Waals surface area contributed by atoms with Crippen molar-refractivity contribution in [2.45, 2.75) is 65.6 Å². The molecule has 0 bridgehead atoms. The molecule has 0 saturated carbocycles. The predicted octanol–water partition coefficient (Wildman–Crippen LogP) is 3.23. The van der Waals surface area contributed by atoms with Crippen LogP contribution >= 0.6 is 23.1 Å². The zero-order valence-electron chi connectivity index (χ0n) is 17.6. The van der Waals surface area contributed by atoms with E-state index >= 15 is 0 Å². The molecule has 0 aromatic carbocycles. The summed E-state index contributed by atoms with van der Waals surface area (Å²) in [5, 5.41) is 15.5. The van der Waals surface area contributed by atoms with Crippen molar-refractivity contribution in [2.75, 3.05) is 24.6 Å². The van der Waals surface area contributed by atoms with Crippen molar-refractivity contribution >= 4 is 45.5 Å². The fourth-order valence-electron chi connectivity index (χ4n) is 1.88. The minimum absolute atomic E-state index is 0.122. The molecule has 10 heteroatoms. The van der Waals surface area contributed by atoms with Crippen LogP contribution in [-0.2, 0) is 14.3 Å². The van der Waals surface area contributed by atoms with Gasteiger partial charge in [-0.1, -0.05) is 0 Å². The van der Waals surface area contributed by atoms with Gasteiger partial charge in [0.05, 0.1) is 5.05 Å². The van der Waals surface area contributed by atoms with Gasteiger partial charge in [-0.05, 0) is 41.5 Å². The van der Waals surface area contributed by atoms with E-state index in [2.05, 4.69) is 23.3 Å². The van der Waals surface area contributed by atoms with Gasteiger partial charge in [-0.15, -0.1) is 12.6 Å². The minimum Gasteiger partial charge on any atom is -0.444 e. The number of aliphatic hydroxyl groups excluding tert-OH is 1. The largest absolute Gasteiger partial charge is 0.444 e. The summed E-state index contributed by atoms with van der Waals surface area (Å²) in [6.45, 7) is 11.2. The van der Waals surface area contributed by atoms with Crippen molar-refractivity contribution < 1.29 is 29.0 Å². The van der Waals surface area contributed by atoms with Crippen LogP contribution in [0.2, 0.25) is 0 Å². The maximum absolute atomic E-state index is 11.7. The second-order valence-corrected chi connectivity index (χ2v) is 10.8. The van der Waals surface area contributed by atoms with Crippen LogP contribution in [0.5, 0.6) is 0 Å². The number of hydrogen-bond acceptors (Lipinski definition) is 5. The van der Waals surface area contributed by atoms with Crippen LogP contribution in [0, 0.1) is 0 Å². The Morgan fingerprint density at radius 2 is 1.25 bits per heavy atom. The van der Waals surface area contributed by atoms with Crippen molar-refractivity contribution in [3.05, 3.63) is 0 Å². The Kier molecular flexibility index (Phi) is 11.8. The lowest BCUT2D eigenvalue weighted by Crippen LogP contribution is -2.35. The van der Waals surface area contributed by atoms with Gasteiger partial charge in [0.15, 0.2) is 5.12 Å². The zero-order valence-corrected chi connectivity index (χ0v) is 19.3. The summed E-state index contributed by atoms with van der Waals surface area (Å²) in [6, 6.07) is 0. The van der Waals surface area contributed by atoms with Crippen LogP contribution in [0.15, 0.2) is 0 Å². The van der Waals surface area contributed by atoms with Gasteiger partial charge in [0.2, 0.25) is 0 Å². The second kappa shape index (κ2) is 12.3. The van der Waals surface area contributed by atoms with Crippen LogP contribution in [0.25, 0.3) is 0 Å². The molecule has 0 aliphatic rings. The van der Waals surface area contributed by atoms with Crippen molar-refractivity contribution in [1.82, 2.24) is 10.6 Å². The zero-order chi connectivity index (χ0) is 22.0. The average Bonchev–Trinajstić information content (AvgIpc) is 2.47. The Bertz CT molecular complexity index is 544. The molecule has 0 heterocycles. The van der Waals surface area contributed by atoms with Crippen molar-refractivity contribution in [1.29, 1.82) is 0 Å². The van der Waals surface area contributed by atoms with Crippen LogP contribution in [0.4, 0.5) is 9.59 Å². The van der Waals surface area contributed by atoms with E-state index in [1.54, 1.807) is 41.5 Å². The van der Waals surface area contributed by atoms with E-state index in [9.17, 15) is 19.5 Å². The van der Waals surface area contributed by atoms with Crippen LogP contribution < -0.4 is 10.6 Å². The van der Waals surface area contributed by atoms with Gasteiger partial charge in [0.1, 0.15) is 11.2 Å². The number of thiol groups is 1. The van der Waals surface area contributed by atoms with Crippen molar-refractivity contribution in [3.63, 3.8) is 0 Å². The molecule has 0 aliphatic heterocycles. The van der Waals surface area contributed by atoms with Gasteiger partial charge in [-0.25, -0.2) is 9.59 Å². The summed E-state index contributed by atoms with van der Waals surface area (Å²) < 4.78 is 10.3. The summed E-state index contributed by atoms with van der Waals surface area (Å²) in [6.07, 6.45) is -0.747. The van der Waals surface area contributed by atoms with Crippen LogP contribution in [0.1, 0.15) is 54.4 Å². The molecule has 0 rings (SSSR count). The number of carbonyl (C=O) groups excluding carboxylic acids is 3. The maximum Gasteiger partial charge on any atom is 0.407 e. The molecule has 0 aromatic heterocycles. The van der Waals surface area contributed by atoms with Crippen LogP contribution in [0.3, 0.4) is 0 Å². The highest BCUT2D eigenvalue weighted by Gasteiger charge is 2.17. The number of ether oxygens (including phenoxy) is 2. The van der Waals surface area contributed by atoms with E-state index in [1.165, 1.54) is 0 Å². The number of amides is 2. The molecule has 0 unspecified atom stereocenters. The number of aliphatic hydroxyl groups is 1. The van der Waals surface area contributed by atoms with E-state index in [0.29, 0.717) is 24.6 Å². The standard InChI is InChI=1S/C18H34N2O6S2/c1-17(2,3)25-15(23)19-9-11-28(14(22)8-7-13(21)27)12-10-20-16(24)26-18(4,5)6/h22H,7-12H2,1-6H3,(H,19,23)(H,20,24)(H,21,27). The molecule has 8 nitrogen and oxygen atoms in total. The van der Waals surface area contributed by atoms with E-state index < -0.39 is 33.9 Å². The normalized spacial score (nSPS) is 11.8. The molecule has 164 valence electrons. The molecule has 0 radical (unpaired) electrons. The molecule has 3 N–H and O–H groups in total. The topological polar surface area (TPSA) is 114 Å². The molecular weight excluding hydrogens is 404 g/mol.